The molecule has 0 aliphatic rings. The van der Waals surface area contributed by atoms with Crippen LogP contribution in [0.4, 0.5) is 5.95 Å². The number of nitrogens with two attached hydrogens (primary N) is 1. The lowest BCUT2D eigenvalue weighted by Crippen LogP contribution is -2.06. The first-order valence-corrected chi connectivity index (χ1v) is 6.95. The molecule has 3 N–H and O–H groups in total. The Kier molecular flexibility index (Phi) is 3.00. The summed E-state index contributed by atoms with van der Waals surface area (Å²) in [6.45, 7) is 0.430. The van der Waals surface area contributed by atoms with Gasteiger partial charge in [0.05, 0.1) is 27.6 Å². The number of benzene rings is 1. The van der Waals surface area contributed by atoms with E-state index in [9.17, 15) is 4.79 Å². The Hall–Kier alpha value is -1.50. The fourth-order valence-electron chi connectivity index (χ4n) is 1.87. The lowest BCUT2D eigenvalue weighted by Gasteiger charge is -2.05. The number of hydrogen-bond donors (Lipinski definition) is 2. The molecule has 1 aromatic carbocycles. The number of H-pyrrole nitrogens is 1. The predicted molar refractivity (Wildman–Crippen MR) is 78.2 cm³/mol. The van der Waals surface area contributed by atoms with Crippen LogP contribution in [0.2, 0.25) is 10.0 Å². The molecule has 0 saturated carbocycles. The number of aromatic amines is 1. The van der Waals surface area contributed by atoms with Gasteiger partial charge in [0.15, 0.2) is 0 Å². The number of thiazole rings is 1. The maximum absolute atomic E-state index is 11.1. The second-order valence-electron chi connectivity index (χ2n) is 3.98. The fraction of sp³-hybridized carbons (Fsp3) is 0.0909. The standard InChI is InChI=1S/C11H8Cl2N4OS/c12-6-1-8-9(2-7(6)13)17(10(14)16-8)3-5-4-19-11(18)15-5/h1-2,4H,3H2,(H2,14,16)(H,15,18). The van der Waals surface area contributed by atoms with Crippen molar-refractivity contribution in [2.75, 3.05) is 5.73 Å². The number of anilines is 1. The van der Waals surface area contributed by atoms with E-state index in [0.29, 0.717) is 28.1 Å². The van der Waals surface area contributed by atoms with Gasteiger partial charge in [0.1, 0.15) is 0 Å². The van der Waals surface area contributed by atoms with Crippen LogP contribution >= 0.6 is 34.5 Å². The van der Waals surface area contributed by atoms with Gasteiger partial charge in [0.2, 0.25) is 5.95 Å². The molecule has 8 heteroatoms. The molecule has 0 amide bonds. The zero-order valence-corrected chi connectivity index (χ0v) is 11.8. The zero-order chi connectivity index (χ0) is 13.6. The Balaban J connectivity index is 2.14. The number of nitrogen functional groups attached to an aromatic ring is 1. The minimum absolute atomic E-state index is 0.0981. The van der Waals surface area contributed by atoms with Gasteiger partial charge < -0.3 is 15.3 Å². The van der Waals surface area contributed by atoms with Crippen molar-refractivity contribution in [3.05, 3.63) is 42.9 Å². The van der Waals surface area contributed by atoms with Gasteiger partial charge in [-0.2, -0.15) is 0 Å². The Morgan fingerprint density at radius 1 is 1.37 bits per heavy atom. The highest BCUT2D eigenvalue weighted by molar-refractivity contribution is 7.07. The smallest absolute Gasteiger partial charge is 0.304 e. The van der Waals surface area contributed by atoms with E-state index in [1.807, 2.05) is 0 Å². The predicted octanol–water partition coefficient (Wildman–Crippen LogP) is 2.72. The molecule has 5 nitrogen and oxygen atoms in total. The first-order chi connectivity index (χ1) is 9.04. The maximum Gasteiger partial charge on any atom is 0.304 e. The molecule has 0 saturated heterocycles. The third kappa shape index (κ3) is 2.22. The Morgan fingerprint density at radius 2 is 2.11 bits per heavy atom. The summed E-state index contributed by atoms with van der Waals surface area (Å²) in [6.07, 6.45) is 0. The van der Waals surface area contributed by atoms with Gasteiger partial charge in [-0.1, -0.05) is 34.5 Å². The van der Waals surface area contributed by atoms with Crippen molar-refractivity contribution in [1.82, 2.24) is 14.5 Å². The summed E-state index contributed by atoms with van der Waals surface area (Å²) in [4.78, 5) is 18.0. The summed E-state index contributed by atoms with van der Waals surface area (Å²) < 4.78 is 1.77. The van der Waals surface area contributed by atoms with E-state index < -0.39 is 0 Å². The number of hydrogen-bond acceptors (Lipinski definition) is 4. The molecular formula is C11H8Cl2N4OS. The van der Waals surface area contributed by atoms with Gasteiger partial charge in [0, 0.05) is 11.1 Å². The second-order valence-corrected chi connectivity index (χ2v) is 5.64. The van der Waals surface area contributed by atoms with Crippen LogP contribution in [0.5, 0.6) is 0 Å². The van der Waals surface area contributed by atoms with Crippen LogP contribution in [0.1, 0.15) is 5.69 Å². The molecular weight excluding hydrogens is 307 g/mol. The van der Waals surface area contributed by atoms with E-state index in [4.69, 9.17) is 28.9 Å². The number of nitrogens with one attached hydrogen (secondary N) is 1. The number of fused-ring (bicyclic) bond motifs is 1. The van der Waals surface area contributed by atoms with Gasteiger partial charge in [-0.15, -0.1) is 0 Å². The van der Waals surface area contributed by atoms with Gasteiger partial charge in [-0.05, 0) is 12.1 Å². The number of halogens is 2. The molecule has 2 heterocycles. The summed E-state index contributed by atoms with van der Waals surface area (Å²) >= 11 is 13.1. The highest BCUT2D eigenvalue weighted by Gasteiger charge is 2.12. The lowest BCUT2D eigenvalue weighted by molar-refractivity contribution is 0.814. The average Bonchev–Trinajstić information content (AvgIpc) is 2.87. The third-order valence-corrected chi connectivity index (χ3v) is 4.16. The maximum atomic E-state index is 11.1. The van der Waals surface area contributed by atoms with E-state index >= 15 is 0 Å². The van der Waals surface area contributed by atoms with Crippen LogP contribution in [-0.2, 0) is 6.54 Å². The van der Waals surface area contributed by atoms with Crippen molar-refractivity contribution in [1.29, 1.82) is 0 Å². The van der Waals surface area contributed by atoms with Crippen molar-refractivity contribution < 1.29 is 0 Å². The first-order valence-electron chi connectivity index (χ1n) is 5.32. The van der Waals surface area contributed by atoms with Crippen LogP contribution in [0.25, 0.3) is 11.0 Å². The first kappa shape index (κ1) is 12.5. The Morgan fingerprint density at radius 3 is 2.79 bits per heavy atom. The number of nitrogens with zero attached hydrogens (tertiary/aromatic N) is 2. The largest absolute Gasteiger partial charge is 0.369 e. The lowest BCUT2D eigenvalue weighted by atomic mass is 10.3. The quantitative estimate of drug-likeness (QED) is 0.763. The summed E-state index contributed by atoms with van der Waals surface area (Å²) in [5.41, 5.74) is 8.10. The Bertz CT molecular complexity index is 820. The summed E-state index contributed by atoms with van der Waals surface area (Å²) in [5.74, 6) is 0.348. The summed E-state index contributed by atoms with van der Waals surface area (Å²) in [6, 6.07) is 3.38. The molecule has 2 aromatic heterocycles. The molecule has 0 fully saturated rings. The molecule has 98 valence electrons. The minimum Gasteiger partial charge on any atom is -0.369 e. The van der Waals surface area contributed by atoms with E-state index in [1.165, 1.54) is 0 Å². The third-order valence-electron chi connectivity index (χ3n) is 2.72. The summed E-state index contributed by atoms with van der Waals surface area (Å²) in [5, 5.41) is 2.63. The van der Waals surface area contributed by atoms with Gasteiger partial charge in [-0.25, -0.2) is 4.98 Å². The van der Waals surface area contributed by atoms with E-state index in [0.717, 1.165) is 22.5 Å². The van der Waals surface area contributed by atoms with Gasteiger partial charge >= 0.3 is 4.87 Å². The van der Waals surface area contributed by atoms with Crippen molar-refractivity contribution >= 4 is 51.5 Å². The van der Waals surface area contributed by atoms with Crippen molar-refractivity contribution in [2.24, 2.45) is 0 Å². The molecule has 0 radical (unpaired) electrons. The second kappa shape index (κ2) is 4.56. The average molecular weight is 315 g/mol. The summed E-state index contributed by atoms with van der Waals surface area (Å²) in [7, 11) is 0. The highest BCUT2D eigenvalue weighted by atomic mass is 35.5. The van der Waals surface area contributed by atoms with Crippen molar-refractivity contribution in [3.63, 3.8) is 0 Å². The fourth-order valence-corrected chi connectivity index (χ4v) is 2.76. The number of aromatic nitrogens is 3. The topological polar surface area (TPSA) is 76.7 Å². The van der Waals surface area contributed by atoms with Crippen LogP contribution in [0.3, 0.4) is 0 Å². The minimum atomic E-state index is -0.0981. The molecule has 3 aromatic rings. The van der Waals surface area contributed by atoms with Crippen LogP contribution in [-0.4, -0.2) is 14.5 Å². The number of rotatable bonds is 2. The number of imidazole rings is 1. The van der Waals surface area contributed by atoms with Gasteiger partial charge in [-0.3, -0.25) is 4.79 Å². The molecule has 0 aliphatic carbocycles. The van der Waals surface area contributed by atoms with E-state index in [1.54, 1.807) is 22.1 Å². The van der Waals surface area contributed by atoms with Crippen LogP contribution < -0.4 is 10.6 Å². The molecule has 19 heavy (non-hydrogen) atoms. The van der Waals surface area contributed by atoms with Crippen LogP contribution in [0, 0.1) is 0 Å². The van der Waals surface area contributed by atoms with E-state index in [-0.39, 0.29) is 4.87 Å². The SMILES string of the molecule is Nc1nc2cc(Cl)c(Cl)cc2n1Cc1csc(=O)[nH]1. The monoisotopic (exact) mass is 314 g/mol. The molecule has 0 spiro atoms. The Labute approximate surface area is 121 Å². The van der Waals surface area contributed by atoms with Crippen LogP contribution in [0.15, 0.2) is 22.3 Å². The van der Waals surface area contributed by atoms with E-state index in [2.05, 4.69) is 9.97 Å². The van der Waals surface area contributed by atoms with Crippen molar-refractivity contribution in [2.45, 2.75) is 6.54 Å². The molecule has 0 unspecified atom stereocenters. The molecule has 0 bridgehead atoms. The normalized spacial score (nSPS) is 11.3. The molecule has 3 rings (SSSR count). The van der Waals surface area contributed by atoms with Crippen molar-refractivity contribution in [3.8, 4) is 0 Å². The molecule has 0 aliphatic heterocycles. The van der Waals surface area contributed by atoms with Gasteiger partial charge in [0.25, 0.3) is 0 Å². The highest BCUT2D eigenvalue weighted by Crippen LogP contribution is 2.29. The molecule has 0 atom stereocenters. The zero-order valence-electron chi connectivity index (χ0n) is 9.48.